The van der Waals surface area contributed by atoms with E-state index in [1.54, 1.807) is 0 Å². The molecule has 4 heteroatoms. The van der Waals surface area contributed by atoms with Crippen molar-refractivity contribution < 1.29 is 0 Å². The van der Waals surface area contributed by atoms with E-state index in [1.807, 2.05) is 24.3 Å². The number of nitrogens with two attached hydrogens (primary N) is 4. The summed E-state index contributed by atoms with van der Waals surface area (Å²) in [4.78, 5) is 0. The van der Waals surface area contributed by atoms with E-state index in [4.69, 9.17) is 22.9 Å². The smallest absolute Gasteiger partial charge is 0.0554 e. The number of benzene rings is 4. The lowest BCUT2D eigenvalue weighted by Gasteiger charge is -2.14. The van der Waals surface area contributed by atoms with Gasteiger partial charge in [0.1, 0.15) is 0 Å². The molecule has 4 aromatic carbocycles. The van der Waals surface area contributed by atoms with Crippen LogP contribution in [-0.4, -0.2) is 0 Å². The summed E-state index contributed by atoms with van der Waals surface area (Å²) in [6.45, 7) is 2.08. The Morgan fingerprint density at radius 3 is 1.26 bits per heavy atom. The van der Waals surface area contributed by atoms with Gasteiger partial charge in [-0.1, -0.05) is 23.8 Å². The van der Waals surface area contributed by atoms with Crippen LogP contribution in [-0.2, 0) is 0 Å². The molecule has 0 aromatic heterocycles. The van der Waals surface area contributed by atoms with Crippen molar-refractivity contribution in [1.82, 2.24) is 0 Å². The standard InChI is InChI=1S/C19H18N4/c1-9-2-3-10-11(4-9)13-6-17(21)19(23)8-15(13)14-7-18(22)16(20)5-12(10)14/h2-8H,20-23H2,1H3. The van der Waals surface area contributed by atoms with E-state index in [2.05, 4.69) is 25.1 Å². The molecule has 114 valence electrons. The molecule has 0 saturated carbocycles. The first-order valence-corrected chi connectivity index (χ1v) is 7.45. The van der Waals surface area contributed by atoms with Gasteiger partial charge in [-0.3, -0.25) is 0 Å². The number of anilines is 4. The van der Waals surface area contributed by atoms with Crippen molar-refractivity contribution in [3.63, 3.8) is 0 Å². The minimum atomic E-state index is 0.570. The Kier molecular flexibility index (Phi) is 2.60. The summed E-state index contributed by atoms with van der Waals surface area (Å²) in [5.74, 6) is 0. The minimum absolute atomic E-state index is 0.570. The molecule has 0 saturated heterocycles. The van der Waals surface area contributed by atoms with Crippen molar-refractivity contribution in [2.24, 2.45) is 0 Å². The van der Waals surface area contributed by atoms with Crippen molar-refractivity contribution >= 4 is 55.1 Å². The molecule has 23 heavy (non-hydrogen) atoms. The number of hydrogen-bond acceptors (Lipinski definition) is 4. The predicted molar refractivity (Wildman–Crippen MR) is 101 cm³/mol. The van der Waals surface area contributed by atoms with Gasteiger partial charge in [-0.05, 0) is 63.5 Å². The van der Waals surface area contributed by atoms with E-state index in [1.165, 1.54) is 5.56 Å². The van der Waals surface area contributed by atoms with Crippen molar-refractivity contribution in [2.45, 2.75) is 6.92 Å². The zero-order valence-electron chi connectivity index (χ0n) is 12.9. The molecule has 0 amide bonds. The maximum Gasteiger partial charge on any atom is 0.0554 e. The van der Waals surface area contributed by atoms with Gasteiger partial charge in [-0.25, -0.2) is 0 Å². The Hall–Kier alpha value is -3.14. The Morgan fingerprint density at radius 2 is 0.826 bits per heavy atom. The highest BCUT2D eigenvalue weighted by molar-refractivity contribution is 6.27. The number of rotatable bonds is 0. The van der Waals surface area contributed by atoms with Crippen LogP contribution in [0.3, 0.4) is 0 Å². The lowest BCUT2D eigenvalue weighted by Crippen LogP contribution is -1.97. The van der Waals surface area contributed by atoms with Gasteiger partial charge in [-0.15, -0.1) is 0 Å². The third-order valence-corrected chi connectivity index (χ3v) is 4.49. The SMILES string of the molecule is Cc1ccc2c(c1)c1cc(N)c(N)cc1c1cc(N)c(N)cc21. The first-order valence-electron chi connectivity index (χ1n) is 7.45. The molecule has 4 rings (SSSR count). The number of aryl methyl sites for hydroxylation is 1. The molecule has 0 heterocycles. The first kappa shape index (κ1) is 13.5. The largest absolute Gasteiger partial charge is 0.397 e. The van der Waals surface area contributed by atoms with Crippen molar-refractivity contribution in [1.29, 1.82) is 0 Å². The summed E-state index contributed by atoms with van der Waals surface area (Å²) < 4.78 is 0. The molecule has 0 bridgehead atoms. The molecule has 0 radical (unpaired) electrons. The van der Waals surface area contributed by atoms with E-state index in [0.717, 1.165) is 32.3 Å². The molecule has 0 aliphatic heterocycles. The molecule has 4 nitrogen and oxygen atoms in total. The summed E-state index contributed by atoms with van der Waals surface area (Å²) in [7, 11) is 0. The van der Waals surface area contributed by atoms with E-state index < -0.39 is 0 Å². The van der Waals surface area contributed by atoms with Crippen LogP contribution in [0, 0.1) is 6.92 Å². The fourth-order valence-corrected chi connectivity index (χ4v) is 3.27. The van der Waals surface area contributed by atoms with Crippen LogP contribution >= 0.6 is 0 Å². The van der Waals surface area contributed by atoms with Gasteiger partial charge in [-0.2, -0.15) is 0 Å². The first-order chi connectivity index (χ1) is 11.0. The molecule has 0 unspecified atom stereocenters. The summed E-state index contributed by atoms with van der Waals surface area (Å²) >= 11 is 0. The van der Waals surface area contributed by atoms with Gasteiger partial charge in [0.05, 0.1) is 22.7 Å². The van der Waals surface area contributed by atoms with E-state index in [0.29, 0.717) is 22.7 Å². The Bertz CT molecular complexity index is 1070. The zero-order valence-corrected chi connectivity index (χ0v) is 12.9. The second kappa shape index (κ2) is 4.43. The zero-order chi connectivity index (χ0) is 16.3. The molecule has 0 atom stereocenters. The maximum absolute atomic E-state index is 6.04. The van der Waals surface area contributed by atoms with E-state index in [-0.39, 0.29) is 0 Å². The van der Waals surface area contributed by atoms with Gasteiger partial charge in [0.2, 0.25) is 0 Å². The van der Waals surface area contributed by atoms with Crippen LogP contribution in [0.1, 0.15) is 5.56 Å². The summed E-state index contributed by atoms with van der Waals surface area (Å²) in [6, 6.07) is 14.1. The maximum atomic E-state index is 6.04. The minimum Gasteiger partial charge on any atom is -0.397 e. The predicted octanol–water partition coefficient (Wildman–Crippen LogP) is 3.78. The van der Waals surface area contributed by atoms with Gasteiger partial charge in [0.25, 0.3) is 0 Å². The van der Waals surface area contributed by atoms with Crippen molar-refractivity contribution in [3.05, 3.63) is 48.0 Å². The van der Waals surface area contributed by atoms with Crippen molar-refractivity contribution in [2.75, 3.05) is 22.9 Å². The van der Waals surface area contributed by atoms with Crippen LogP contribution in [0.15, 0.2) is 42.5 Å². The van der Waals surface area contributed by atoms with Gasteiger partial charge in [0.15, 0.2) is 0 Å². The van der Waals surface area contributed by atoms with E-state index in [9.17, 15) is 0 Å². The number of nitrogen functional groups attached to an aromatic ring is 4. The number of hydrogen-bond donors (Lipinski definition) is 4. The molecule has 8 N–H and O–H groups in total. The fourth-order valence-electron chi connectivity index (χ4n) is 3.27. The molecule has 4 aromatic rings. The molecule has 0 aliphatic rings. The molecule has 0 aliphatic carbocycles. The second-order valence-electron chi connectivity index (χ2n) is 6.10. The van der Waals surface area contributed by atoms with Crippen LogP contribution < -0.4 is 22.9 Å². The van der Waals surface area contributed by atoms with E-state index >= 15 is 0 Å². The van der Waals surface area contributed by atoms with Gasteiger partial charge >= 0.3 is 0 Å². The highest BCUT2D eigenvalue weighted by Gasteiger charge is 2.12. The Balaban J connectivity index is 2.39. The molecule has 0 spiro atoms. The highest BCUT2D eigenvalue weighted by atomic mass is 14.7. The van der Waals surface area contributed by atoms with Crippen LogP contribution in [0.2, 0.25) is 0 Å². The van der Waals surface area contributed by atoms with Crippen molar-refractivity contribution in [3.8, 4) is 0 Å². The third-order valence-electron chi connectivity index (χ3n) is 4.49. The fraction of sp³-hybridized carbons (Fsp3) is 0.0526. The average molecular weight is 302 g/mol. The topological polar surface area (TPSA) is 104 Å². The van der Waals surface area contributed by atoms with Crippen LogP contribution in [0.4, 0.5) is 22.7 Å². The lowest BCUT2D eigenvalue weighted by atomic mass is 9.92. The summed E-state index contributed by atoms with van der Waals surface area (Å²) in [5, 5.41) is 6.50. The van der Waals surface area contributed by atoms with Gasteiger partial charge in [0, 0.05) is 0 Å². The molecular formula is C19H18N4. The average Bonchev–Trinajstić information content (AvgIpc) is 2.51. The second-order valence-corrected chi connectivity index (χ2v) is 6.10. The summed E-state index contributed by atoms with van der Waals surface area (Å²) in [6.07, 6.45) is 0. The quantitative estimate of drug-likeness (QED) is 0.293. The molecule has 0 fully saturated rings. The lowest BCUT2D eigenvalue weighted by molar-refractivity contribution is 1.51. The van der Waals surface area contributed by atoms with Crippen LogP contribution in [0.25, 0.3) is 32.3 Å². The Labute approximate surface area is 133 Å². The normalized spacial score (nSPS) is 11.5. The summed E-state index contributed by atoms with van der Waals surface area (Å²) in [5.41, 5.74) is 27.7. The third kappa shape index (κ3) is 1.85. The highest BCUT2D eigenvalue weighted by Crippen LogP contribution is 2.40. The van der Waals surface area contributed by atoms with Crippen LogP contribution in [0.5, 0.6) is 0 Å². The Morgan fingerprint density at radius 1 is 0.478 bits per heavy atom. The van der Waals surface area contributed by atoms with Gasteiger partial charge < -0.3 is 22.9 Å². The molecular weight excluding hydrogens is 284 g/mol. The number of fused-ring (bicyclic) bond motifs is 6. The monoisotopic (exact) mass is 302 g/mol.